The highest BCUT2D eigenvalue weighted by Gasteiger charge is 2.40. The summed E-state index contributed by atoms with van der Waals surface area (Å²) in [4.78, 5) is 61.2. The van der Waals surface area contributed by atoms with Crippen LogP contribution in [0.5, 0.6) is 0 Å². The van der Waals surface area contributed by atoms with E-state index in [-0.39, 0.29) is 18.9 Å². The molecule has 0 radical (unpaired) electrons. The van der Waals surface area contributed by atoms with E-state index in [9.17, 15) is 29.1 Å². The minimum absolute atomic E-state index is 0.155. The molecule has 0 bridgehead atoms. The van der Waals surface area contributed by atoms with Crippen molar-refractivity contribution in [1.82, 2.24) is 15.5 Å². The zero-order valence-corrected chi connectivity index (χ0v) is 17.9. The summed E-state index contributed by atoms with van der Waals surface area (Å²) >= 11 is 0. The Morgan fingerprint density at radius 2 is 1.74 bits per heavy atom. The molecular formula is C19H32N4O8. The van der Waals surface area contributed by atoms with E-state index in [0.29, 0.717) is 12.8 Å². The first-order valence-corrected chi connectivity index (χ1v) is 10.2. The number of hydrogen-bond acceptors (Lipinski definition) is 7. The molecule has 1 fully saturated rings. The molecule has 1 saturated heterocycles. The molecule has 1 rings (SSSR count). The minimum atomic E-state index is -1.65. The molecule has 0 spiro atoms. The highest BCUT2D eigenvalue weighted by molar-refractivity contribution is 5.95. The van der Waals surface area contributed by atoms with Gasteiger partial charge < -0.3 is 36.6 Å². The van der Waals surface area contributed by atoms with Gasteiger partial charge in [0.25, 0.3) is 0 Å². The van der Waals surface area contributed by atoms with Gasteiger partial charge in [-0.25, -0.2) is 4.79 Å². The normalized spacial score (nSPS) is 20.8. The number of carboxylic acid groups (broad SMARTS) is 2. The van der Waals surface area contributed by atoms with Crippen LogP contribution in [0.2, 0.25) is 0 Å². The molecule has 1 heterocycles. The van der Waals surface area contributed by atoms with Crippen molar-refractivity contribution in [1.29, 1.82) is 0 Å². The fraction of sp³-hybridized carbons (Fsp3) is 0.737. The van der Waals surface area contributed by atoms with Gasteiger partial charge in [-0.15, -0.1) is 0 Å². The van der Waals surface area contributed by atoms with E-state index < -0.39 is 66.4 Å². The molecule has 3 amide bonds. The Morgan fingerprint density at radius 1 is 1.13 bits per heavy atom. The number of carbonyl (C=O) groups is 5. The number of carboxylic acids is 2. The predicted octanol–water partition coefficient (Wildman–Crippen LogP) is -1.74. The highest BCUT2D eigenvalue weighted by atomic mass is 16.4. The summed E-state index contributed by atoms with van der Waals surface area (Å²) in [7, 11) is 0. The van der Waals surface area contributed by atoms with Crippen molar-refractivity contribution in [3.8, 4) is 0 Å². The van der Waals surface area contributed by atoms with Gasteiger partial charge in [-0.05, 0) is 25.7 Å². The summed E-state index contributed by atoms with van der Waals surface area (Å²) < 4.78 is 0. The van der Waals surface area contributed by atoms with Gasteiger partial charge in [-0.3, -0.25) is 19.2 Å². The number of nitrogens with one attached hydrogen (secondary N) is 2. The molecular weight excluding hydrogens is 412 g/mol. The lowest BCUT2D eigenvalue weighted by Crippen LogP contribution is -2.60. The summed E-state index contributed by atoms with van der Waals surface area (Å²) in [6.07, 6.45) is -0.792. The van der Waals surface area contributed by atoms with Crippen LogP contribution in [0, 0.1) is 5.92 Å². The fourth-order valence-corrected chi connectivity index (χ4v) is 3.27. The van der Waals surface area contributed by atoms with Gasteiger partial charge in [0.15, 0.2) is 0 Å². The first kappa shape index (κ1) is 26.3. The number of hydrogen-bond donors (Lipinski definition) is 6. The van der Waals surface area contributed by atoms with Crippen LogP contribution in [0.15, 0.2) is 0 Å². The molecule has 31 heavy (non-hydrogen) atoms. The number of aliphatic hydroxyl groups excluding tert-OH is 1. The van der Waals surface area contributed by atoms with Crippen LogP contribution in [0.3, 0.4) is 0 Å². The van der Waals surface area contributed by atoms with Gasteiger partial charge in [0.05, 0.1) is 18.6 Å². The summed E-state index contributed by atoms with van der Waals surface area (Å²) in [6, 6.07) is -4.93. The number of likely N-dealkylation sites (tertiary alicyclic amines) is 1. The molecule has 12 heteroatoms. The van der Waals surface area contributed by atoms with Crippen LogP contribution in [-0.2, 0) is 24.0 Å². The third-order valence-corrected chi connectivity index (χ3v) is 5.44. The average Bonchev–Trinajstić information content (AvgIpc) is 3.18. The smallest absolute Gasteiger partial charge is 0.326 e. The Bertz CT molecular complexity index is 698. The first-order chi connectivity index (χ1) is 14.4. The van der Waals surface area contributed by atoms with Crippen LogP contribution < -0.4 is 16.4 Å². The van der Waals surface area contributed by atoms with Gasteiger partial charge in [0, 0.05) is 6.54 Å². The average molecular weight is 444 g/mol. The molecule has 0 aromatic rings. The predicted molar refractivity (Wildman–Crippen MR) is 108 cm³/mol. The zero-order valence-electron chi connectivity index (χ0n) is 17.9. The van der Waals surface area contributed by atoms with Crippen molar-refractivity contribution in [2.75, 3.05) is 6.54 Å². The van der Waals surface area contributed by atoms with E-state index in [4.69, 9.17) is 15.9 Å². The lowest BCUT2D eigenvalue weighted by Gasteiger charge is -2.31. The molecule has 6 unspecified atom stereocenters. The topological polar surface area (TPSA) is 199 Å². The van der Waals surface area contributed by atoms with Crippen LogP contribution in [0.25, 0.3) is 0 Å². The van der Waals surface area contributed by atoms with Gasteiger partial charge in [0.1, 0.15) is 18.1 Å². The number of aliphatic hydroxyl groups is 1. The molecule has 0 aromatic heterocycles. The van der Waals surface area contributed by atoms with E-state index in [1.807, 2.05) is 6.92 Å². The first-order valence-electron chi connectivity index (χ1n) is 10.2. The van der Waals surface area contributed by atoms with Gasteiger partial charge >= 0.3 is 11.9 Å². The quantitative estimate of drug-likeness (QED) is 0.214. The van der Waals surface area contributed by atoms with E-state index >= 15 is 0 Å². The Balaban J connectivity index is 2.94. The molecule has 1 aliphatic rings. The molecule has 12 nitrogen and oxygen atoms in total. The second kappa shape index (κ2) is 11.6. The Kier molecular flexibility index (Phi) is 9.85. The number of aliphatic carboxylic acids is 2. The van der Waals surface area contributed by atoms with E-state index in [2.05, 4.69) is 10.6 Å². The van der Waals surface area contributed by atoms with Crippen molar-refractivity contribution >= 4 is 29.7 Å². The number of nitrogens with two attached hydrogens (primary N) is 1. The molecule has 176 valence electrons. The summed E-state index contributed by atoms with van der Waals surface area (Å²) in [5.74, 6) is -5.20. The fourth-order valence-electron chi connectivity index (χ4n) is 3.27. The summed E-state index contributed by atoms with van der Waals surface area (Å²) in [5, 5.41) is 32.6. The minimum Gasteiger partial charge on any atom is -0.481 e. The maximum absolute atomic E-state index is 13.0. The number of nitrogens with zero attached hydrogens (tertiary/aromatic N) is 1. The summed E-state index contributed by atoms with van der Waals surface area (Å²) in [6.45, 7) is 5.11. The van der Waals surface area contributed by atoms with Crippen LogP contribution >= 0.6 is 0 Å². The number of rotatable bonds is 11. The van der Waals surface area contributed by atoms with Crippen molar-refractivity contribution in [3.05, 3.63) is 0 Å². The molecule has 7 N–H and O–H groups in total. The summed E-state index contributed by atoms with van der Waals surface area (Å²) in [5.41, 5.74) is 5.89. The molecule has 6 atom stereocenters. The molecule has 0 aromatic carbocycles. The van der Waals surface area contributed by atoms with Gasteiger partial charge in [-0.2, -0.15) is 0 Å². The Morgan fingerprint density at radius 3 is 2.23 bits per heavy atom. The van der Waals surface area contributed by atoms with Crippen LogP contribution in [-0.4, -0.2) is 86.7 Å². The maximum atomic E-state index is 13.0. The van der Waals surface area contributed by atoms with E-state index in [0.717, 1.165) is 4.90 Å². The zero-order chi connectivity index (χ0) is 23.9. The third kappa shape index (κ3) is 7.17. The van der Waals surface area contributed by atoms with Gasteiger partial charge in [-0.1, -0.05) is 20.3 Å². The van der Waals surface area contributed by atoms with Crippen molar-refractivity contribution in [3.63, 3.8) is 0 Å². The van der Waals surface area contributed by atoms with Crippen LogP contribution in [0.1, 0.15) is 46.5 Å². The van der Waals surface area contributed by atoms with Gasteiger partial charge in [0.2, 0.25) is 17.7 Å². The molecule has 0 aliphatic carbocycles. The molecule has 1 aliphatic heterocycles. The van der Waals surface area contributed by atoms with E-state index in [1.165, 1.54) is 6.92 Å². The van der Waals surface area contributed by atoms with Crippen molar-refractivity contribution in [2.24, 2.45) is 11.7 Å². The van der Waals surface area contributed by atoms with Crippen LogP contribution in [0.4, 0.5) is 0 Å². The largest absolute Gasteiger partial charge is 0.481 e. The van der Waals surface area contributed by atoms with E-state index in [1.54, 1.807) is 6.92 Å². The Hall–Kier alpha value is -2.73. The SMILES string of the molecule is CCC(C)C(N)C(=O)NC(C(=O)N1CCCC1C(=O)NC(CC(=O)O)C(=O)O)C(C)O. The van der Waals surface area contributed by atoms with Crippen molar-refractivity contribution in [2.45, 2.75) is 76.7 Å². The van der Waals surface area contributed by atoms with Crippen molar-refractivity contribution < 1.29 is 39.3 Å². The number of carbonyl (C=O) groups excluding carboxylic acids is 3. The molecule has 0 saturated carbocycles. The lowest BCUT2D eigenvalue weighted by atomic mass is 9.98. The monoisotopic (exact) mass is 444 g/mol. The third-order valence-electron chi connectivity index (χ3n) is 5.44. The second-order valence-corrected chi connectivity index (χ2v) is 7.83. The maximum Gasteiger partial charge on any atom is 0.326 e. The second-order valence-electron chi connectivity index (χ2n) is 7.83. The lowest BCUT2D eigenvalue weighted by molar-refractivity contribution is -0.149. The number of amides is 3. The standard InChI is InChI=1S/C19H32N4O8/c1-4-9(2)14(20)17(28)22-15(10(3)24)18(29)23-7-5-6-12(23)16(27)21-11(19(30)31)8-13(25)26/h9-12,14-15,24H,4-8,20H2,1-3H3,(H,21,27)(H,22,28)(H,25,26)(H,30,31). The Labute approximate surface area is 180 Å². The highest BCUT2D eigenvalue weighted by Crippen LogP contribution is 2.20.